The Morgan fingerprint density at radius 1 is 1.04 bits per heavy atom. The average Bonchev–Trinajstić information content (AvgIpc) is 2.64. The maximum Gasteiger partial charge on any atom is 0.240 e. The van der Waals surface area contributed by atoms with E-state index >= 15 is 0 Å². The van der Waals surface area contributed by atoms with Crippen LogP contribution in [0.2, 0.25) is 0 Å². The third kappa shape index (κ3) is 4.67. The van der Waals surface area contributed by atoms with Crippen LogP contribution < -0.4 is 9.62 Å². The third-order valence-corrected chi connectivity index (χ3v) is 6.14. The van der Waals surface area contributed by atoms with Crippen molar-refractivity contribution < 1.29 is 13.3 Å². The average molecular weight is 356 g/mol. The summed E-state index contributed by atoms with van der Waals surface area (Å²) in [5.41, 5.74) is 1.77. The van der Waals surface area contributed by atoms with Crippen LogP contribution in [0.1, 0.15) is 24.0 Å². The van der Waals surface area contributed by atoms with Gasteiger partial charge in [0.15, 0.2) is 0 Å². The van der Waals surface area contributed by atoms with Gasteiger partial charge in [0, 0.05) is 24.4 Å². The molecule has 0 atom stereocenters. The Balaban J connectivity index is 1.55. The van der Waals surface area contributed by atoms with Crippen LogP contribution in [0.4, 0.5) is 0 Å². The summed E-state index contributed by atoms with van der Waals surface area (Å²) in [6, 6.07) is 18.4. The molecule has 0 unspecified atom stereocenters. The minimum Gasteiger partial charge on any atom is -0.331 e. The summed E-state index contributed by atoms with van der Waals surface area (Å²) in [7, 11) is -3.53. The number of sulfonamides is 1. The largest absolute Gasteiger partial charge is 0.331 e. The molecule has 0 amide bonds. The fraction of sp³-hybridized carbons (Fsp3) is 0.316. The molecule has 3 rings (SSSR count). The number of nitrogens with one attached hydrogen (secondary N) is 2. The fourth-order valence-corrected chi connectivity index (χ4v) is 4.51. The molecule has 1 saturated heterocycles. The van der Waals surface area contributed by atoms with Gasteiger partial charge in [0.2, 0.25) is 10.0 Å². The Morgan fingerprint density at radius 2 is 1.68 bits per heavy atom. The van der Waals surface area contributed by atoms with E-state index in [1.165, 1.54) is 34.7 Å². The first-order valence-electron chi connectivity index (χ1n) is 8.47. The summed E-state index contributed by atoms with van der Waals surface area (Å²) in [5, 5.41) is 8.81. The van der Waals surface area contributed by atoms with Crippen LogP contribution in [-0.2, 0) is 16.6 Å². The standard InChI is InChI=1S/C19H21N3O2S/c20-14-16-6-8-19(9-7-16)25(23,24)21-18-10-12-22(13-11-18)15-17-4-2-1-3-5-17/h1-9,18,21H,10-13,15H2/p+1. The monoisotopic (exact) mass is 356 g/mol. The molecule has 0 aliphatic carbocycles. The number of likely N-dealkylation sites (tertiary alicyclic amines) is 1. The van der Waals surface area contributed by atoms with Gasteiger partial charge < -0.3 is 4.90 Å². The number of hydrogen-bond acceptors (Lipinski definition) is 3. The van der Waals surface area contributed by atoms with Gasteiger partial charge in [0.25, 0.3) is 0 Å². The van der Waals surface area contributed by atoms with Gasteiger partial charge in [-0.15, -0.1) is 0 Å². The van der Waals surface area contributed by atoms with Crippen molar-refractivity contribution in [2.75, 3.05) is 13.1 Å². The Labute approximate surface area is 149 Å². The lowest BCUT2D eigenvalue weighted by molar-refractivity contribution is -0.918. The molecule has 2 N–H and O–H groups in total. The van der Waals surface area contributed by atoms with E-state index in [-0.39, 0.29) is 10.9 Å². The molecule has 5 nitrogen and oxygen atoms in total. The molecule has 25 heavy (non-hydrogen) atoms. The number of nitriles is 1. The van der Waals surface area contributed by atoms with E-state index in [0.29, 0.717) is 5.56 Å². The second kappa shape index (κ2) is 7.79. The van der Waals surface area contributed by atoms with Crippen LogP contribution in [0.3, 0.4) is 0 Å². The van der Waals surface area contributed by atoms with Gasteiger partial charge in [-0.2, -0.15) is 5.26 Å². The van der Waals surface area contributed by atoms with E-state index < -0.39 is 10.0 Å². The lowest BCUT2D eigenvalue weighted by Gasteiger charge is -2.29. The minimum absolute atomic E-state index is 0.0276. The number of hydrogen-bond donors (Lipinski definition) is 2. The van der Waals surface area contributed by atoms with Gasteiger partial charge in [-0.25, -0.2) is 13.1 Å². The van der Waals surface area contributed by atoms with Crippen molar-refractivity contribution >= 4 is 10.0 Å². The number of quaternary nitrogens is 1. The zero-order chi connectivity index (χ0) is 17.7. The molecule has 1 heterocycles. The van der Waals surface area contributed by atoms with Crippen LogP contribution in [0.5, 0.6) is 0 Å². The molecule has 0 spiro atoms. The zero-order valence-corrected chi connectivity index (χ0v) is 14.8. The molecule has 2 aromatic rings. The normalized spacial score (nSPS) is 20.8. The number of nitrogens with zero attached hydrogens (tertiary/aromatic N) is 1. The summed E-state index contributed by atoms with van der Waals surface area (Å²) in [6.45, 7) is 2.89. The lowest BCUT2D eigenvalue weighted by atomic mass is 10.1. The first-order valence-corrected chi connectivity index (χ1v) is 9.95. The van der Waals surface area contributed by atoms with E-state index in [4.69, 9.17) is 5.26 Å². The Morgan fingerprint density at radius 3 is 2.28 bits per heavy atom. The second-order valence-corrected chi connectivity index (χ2v) is 8.16. The van der Waals surface area contributed by atoms with E-state index in [0.717, 1.165) is 32.5 Å². The first-order chi connectivity index (χ1) is 12.1. The maximum atomic E-state index is 12.5. The van der Waals surface area contributed by atoms with Crippen molar-refractivity contribution in [3.8, 4) is 6.07 Å². The van der Waals surface area contributed by atoms with Crippen LogP contribution >= 0.6 is 0 Å². The Hall–Kier alpha value is -2.20. The maximum absolute atomic E-state index is 12.5. The topological polar surface area (TPSA) is 74.4 Å². The number of piperidine rings is 1. The van der Waals surface area contributed by atoms with Crippen molar-refractivity contribution in [3.05, 3.63) is 65.7 Å². The fourth-order valence-electron chi connectivity index (χ4n) is 3.20. The summed E-state index contributed by atoms with van der Waals surface area (Å²) >= 11 is 0. The summed E-state index contributed by atoms with van der Waals surface area (Å²) in [6.07, 6.45) is 1.66. The highest BCUT2D eigenvalue weighted by Gasteiger charge is 2.26. The van der Waals surface area contributed by atoms with Crippen molar-refractivity contribution in [3.63, 3.8) is 0 Å². The zero-order valence-electron chi connectivity index (χ0n) is 14.0. The lowest BCUT2D eigenvalue weighted by Crippen LogP contribution is -3.12. The summed E-state index contributed by atoms with van der Waals surface area (Å²) < 4.78 is 27.8. The molecule has 1 aliphatic heterocycles. The van der Waals surface area contributed by atoms with Gasteiger partial charge in [-0.3, -0.25) is 0 Å². The van der Waals surface area contributed by atoms with Crippen molar-refractivity contribution in [1.29, 1.82) is 5.26 Å². The molecule has 0 aromatic heterocycles. The smallest absolute Gasteiger partial charge is 0.240 e. The van der Waals surface area contributed by atoms with Gasteiger partial charge in [-0.1, -0.05) is 30.3 Å². The number of rotatable bonds is 5. The minimum atomic E-state index is -3.53. The highest BCUT2D eigenvalue weighted by atomic mass is 32.2. The van der Waals surface area contributed by atoms with Gasteiger partial charge >= 0.3 is 0 Å². The van der Waals surface area contributed by atoms with Crippen molar-refractivity contribution in [2.45, 2.75) is 30.3 Å². The van der Waals surface area contributed by atoms with Gasteiger partial charge in [0.05, 0.1) is 29.6 Å². The van der Waals surface area contributed by atoms with Crippen molar-refractivity contribution in [1.82, 2.24) is 4.72 Å². The van der Waals surface area contributed by atoms with Crippen LogP contribution in [0, 0.1) is 11.3 Å². The van der Waals surface area contributed by atoms with Crippen molar-refractivity contribution in [2.24, 2.45) is 0 Å². The second-order valence-electron chi connectivity index (χ2n) is 6.44. The molecule has 0 saturated carbocycles. The van der Waals surface area contributed by atoms with Crippen LogP contribution in [-0.4, -0.2) is 27.5 Å². The van der Waals surface area contributed by atoms with Gasteiger partial charge in [0.1, 0.15) is 6.54 Å². The highest BCUT2D eigenvalue weighted by molar-refractivity contribution is 7.89. The van der Waals surface area contributed by atoms with Gasteiger partial charge in [-0.05, 0) is 24.3 Å². The number of benzene rings is 2. The van der Waals surface area contributed by atoms with E-state index in [1.54, 1.807) is 0 Å². The predicted molar refractivity (Wildman–Crippen MR) is 95.3 cm³/mol. The predicted octanol–water partition coefficient (Wildman–Crippen LogP) is 1.08. The molecule has 2 aromatic carbocycles. The molecule has 1 fully saturated rings. The molecule has 6 heteroatoms. The van der Waals surface area contributed by atoms with E-state index in [2.05, 4.69) is 16.9 Å². The Bertz CT molecular complexity index is 834. The van der Waals surface area contributed by atoms with E-state index in [9.17, 15) is 8.42 Å². The quantitative estimate of drug-likeness (QED) is 0.842. The summed E-state index contributed by atoms with van der Waals surface area (Å²) in [4.78, 5) is 1.70. The molecule has 1 aliphatic rings. The molecular weight excluding hydrogens is 334 g/mol. The van der Waals surface area contributed by atoms with Crippen LogP contribution in [0.15, 0.2) is 59.5 Å². The van der Waals surface area contributed by atoms with E-state index in [1.807, 2.05) is 24.3 Å². The molecule has 0 bridgehead atoms. The Kier molecular flexibility index (Phi) is 5.49. The van der Waals surface area contributed by atoms with Crippen LogP contribution in [0.25, 0.3) is 0 Å². The molecule has 130 valence electrons. The SMILES string of the molecule is N#Cc1ccc(S(=O)(=O)NC2CC[NH+](Cc3ccccc3)CC2)cc1. The third-order valence-electron chi connectivity index (χ3n) is 4.61. The molecular formula is C19H22N3O2S+. The first kappa shape index (κ1) is 17.6. The molecule has 0 radical (unpaired) electrons. The highest BCUT2D eigenvalue weighted by Crippen LogP contribution is 2.12. The summed E-state index contributed by atoms with van der Waals surface area (Å²) in [5.74, 6) is 0.